The van der Waals surface area contributed by atoms with Gasteiger partial charge < -0.3 is 15.4 Å². The minimum Gasteiger partial charge on any atom is -0.382 e. The lowest BCUT2D eigenvalue weighted by Crippen LogP contribution is -2.37. The third-order valence-corrected chi connectivity index (χ3v) is 3.07. The maximum Gasteiger partial charge on any atom is 0.191 e. The van der Waals surface area contributed by atoms with Crippen LogP contribution in [0.2, 0.25) is 0 Å². The number of nitrogens with zero attached hydrogens (tertiary/aromatic N) is 1. The van der Waals surface area contributed by atoms with Crippen LogP contribution in [-0.4, -0.2) is 32.8 Å². The Bertz CT molecular complexity index is 317. The maximum absolute atomic E-state index is 5.27. The maximum atomic E-state index is 5.27. The number of guanidine groups is 1. The molecule has 104 valence electrons. The lowest BCUT2D eigenvalue weighted by molar-refractivity contribution is 0.145. The van der Waals surface area contributed by atoms with Crippen molar-refractivity contribution in [3.63, 3.8) is 0 Å². The molecule has 0 saturated heterocycles. The van der Waals surface area contributed by atoms with E-state index in [1.807, 2.05) is 6.92 Å². The number of aliphatic imine (C=N–C) groups is 1. The lowest BCUT2D eigenvalue weighted by atomic mass is 10.4. The molecule has 1 rings (SSSR count). The van der Waals surface area contributed by atoms with Crippen molar-refractivity contribution in [2.45, 2.75) is 19.9 Å². The summed E-state index contributed by atoms with van der Waals surface area (Å²) in [5.41, 5.74) is 0. The Labute approximate surface area is 130 Å². The van der Waals surface area contributed by atoms with Crippen LogP contribution in [0, 0.1) is 0 Å². The van der Waals surface area contributed by atoms with Crippen LogP contribution in [0.4, 0.5) is 0 Å². The van der Waals surface area contributed by atoms with Gasteiger partial charge in [0.05, 0.1) is 6.54 Å². The molecule has 0 aliphatic carbocycles. The van der Waals surface area contributed by atoms with Gasteiger partial charge >= 0.3 is 0 Å². The molecule has 0 amide bonds. The van der Waals surface area contributed by atoms with Crippen molar-refractivity contribution < 1.29 is 4.74 Å². The van der Waals surface area contributed by atoms with E-state index in [2.05, 4.69) is 33.1 Å². The van der Waals surface area contributed by atoms with Crippen LogP contribution in [0.15, 0.2) is 22.5 Å². The van der Waals surface area contributed by atoms with Gasteiger partial charge in [-0.3, -0.25) is 4.99 Å². The van der Waals surface area contributed by atoms with Crippen LogP contribution >= 0.6 is 35.3 Å². The molecule has 0 fully saturated rings. The van der Waals surface area contributed by atoms with Crippen molar-refractivity contribution in [2.75, 3.05) is 26.8 Å². The third kappa shape index (κ3) is 7.88. The summed E-state index contributed by atoms with van der Waals surface area (Å²) in [6.45, 7) is 5.29. The van der Waals surface area contributed by atoms with Crippen molar-refractivity contribution >= 4 is 41.3 Å². The fraction of sp³-hybridized carbons (Fsp3) is 0.583. The van der Waals surface area contributed by atoms with Gasteiger partial charge in [-0.1, -0.05) is 6.07 Å². The minimum atomic E-state index is 0. The molecule has 4 nitrogen and oxygen atoms in total. The Balaban J connectivity index is 0.00000289. The normalized spacial score (nSPS) is 10.9. The van der Waals surface area contributed by atoms with Crippen LogP contribution in [0.5, 0.6) is 0 Å². The van der Waals surface area contributed by atoms with Crippen molar-refractivity contribution in [3.8, 4) is 0 Å². The third-order valence-electron chi connectivity index (χ3n) is 2.20. The first-order valence-corrected chi connectivity index (χ1v) is 6.79. The van der Waals surface area contributed by atoms with Crippen molar-refractivity contribution in [3.05, 3.63) is 22.4 Å². The first-order chi connectivity index (χ1) is 8.36. The molecular weight excluding hydrogens is 361 g/mol. The van der Waals surface area contributed by atoms with Crippen molar-refractivity contribution in [2.24, 2.45) is 4.99 Å². The Morgan fingerprint density at radius 2 is 2.28 bits per heavy atom. The molecule has 0 spiro atoms. The molecular formula is C12H22IN3OS. The predicted octanol–water partition coefficient (Wildman–Crippen LogP) is 2.46. The number of thiophene rings is 1. The molecule has 1 aromatic rings. The highest BCUT2D eigenvalue weighted by molar-refractivity contribution is 14.0. The van der Waals surface area contributed by atoms with Crippen LogP contribution in [-0.2, 0) is 11.3 Å². The number of rotatable bonds is 7. The summed E-state index contributed by atoms with van der Waals surface area (Å²) in [5.74, 6) is 0.842. The number of nitrogens with one attached hydrogen (secondary N) is 2. The Morgan fingerprint density at radius 1 is 1.44 bits per heavy atom. The van der Waals surface area contributed by atoms with Crippen molar-refractivity contribution in [1.29, 1.82) is 0 Å². The Hall–Kier alpha value is -0.340. The highest BCUT2D eigenvalue weighted by atomic mass is 127. The average molecular weight is 383 g/mol. The molecule has 2 N–H and O–H groups in total. The van der Waals surface area contributed by atoms with Gasteiger partial charge in [0.1, 0.15) is 0 Å². The molecule has 0 aromatic carbocycles. The molecule has 18 heavy (non-hydrogen) atoms. The number of ether oxygens (including phenoxy) is 1. The molecule has 0 aliphatic rings. The van der Waals surface area contributed by atoms with Gasteiger partial charge in [0.25, 0.3) is 0 Å². The van der Waals surface area contributed by atoms with E-state index in [4.69, 9.17) is 4.74 Å². The SMILES string of the molecule is CCOCCCNC(=NC)NCc1cccs1.I. The van der Waals surface area contributed by atoms with Crippen LogP contribution < -0.4 is 10.6 Å². The summed E-state index contributed by atoms with van der Waals surface area (Å²) >= 11 is 1.75. The van der Waals surface area contributed by atoms with E-state index in [0.29, 0.717) is 0 Å². The quantitative estimate of drug-likeness (QED) is 0.329. The number of hydrogen-bond donors (Lipinski definition) is 2. The van der Waals surface area contributed by atoms with Crippen LogP contribution in [0.1, 0.15) is 18.2 Å². The fourth-order valence-corrected chi connectivity index (χ4v) is 1.97. The zero-order chi connectivity index (χ0) is 12.3. The summed E-state index contributed by atoms with van der Waals surface area (Å²) in [5, 5.41) is 8.60. The lowest BCUT2D eigenvalue weighted by Gasteiger charge is -2.10. The average Bonchev–Trinajstić information content (AvgIpc) is 2.86. The summed E-state index contributed by atoms with van der Waals surface area (Å²) in [6, 6.07) is 4.17. The van der Waals surface area contributed by atoms with E-state index in [9.17, 15) is 0 Å². The van der Waals surface area contributed by atoms with Gasteiger partial charge in [0.15, 0.2) is 5.96 Å². The largest absolute Gasteiger partial charge is 0.382 e. The van der Waals surface area contributed by atoms with Crippen LogP contribution in [0.3, 0.4) is 0 Å². The van der Waals surface area contributed by atoms with Gasteiger partial charge in [0, 0.05) is 31.7 Å². The summed E-state index contributed by atoms with van der Waals surface area (Å²) in [4.78, 5) is 5.47. The minimum absolute atomic E-state index is 0. The number of hydrogen-bond acceptors (Lipinski definition) is 3. The summed E-state index contributed by atoms with van der Waals surface area (Å²) in [6.07, 6.45) is 0.994. The standard InChI is InChI=1S/C12H21N3OS.HI/c1-3-16-8-5-7-14-12(13-2)15-10-11-6-4-9-17-11;/h4,6,9H,3,5,7-8,10H2,1-2H3,(H2,13,14,15);1H. The van der Waals surface area contributed by atoms with E-state index in [1.54, 1.807) is 18.4 Å². The predicted molar refractivity (Wildman–Crippen MR) is 89.0 cm³/mol. The smallest absolute Gasteiger partial charge is 0.191 e. The van der Waals surface area contributed by atoms with E-state index in [0.717, 1.165) is 38.7 Å². The summed E-state index contributed by atoms with van der Waals surface area (Å²) in [7, 11) is 1.78. The zero-order valence-corrected chi connectivity index (χ0v) is 14.1. The fourth-order valence-electron chi connectivity index (χ4n) is 1.33. The van der Waals surface area contributed by atoms with Gasteiger partial charge in [-0.2, -0.15) is 0 Å². The van der Waals surface area contributed by atoms with Gasteiger partial charge in [-0.15, -0.1) is 35.3 Å². The highest BCUT2D eigenvalue weighted by Gasteiger charge is 1.98. The molecule has 0 atom stereocenters. The summed E-state index contributed by atoms with van der Waals surface area (Å²) < 4.78 is 5.27. The second-order valence-electron chi connectivity index (χ2n) is 3.48. The van der Waals surface area contributed by atoms with Crippen molar-refractivity contribution in [1.82, 2.24) is 10.6 Å². The van der Waals surface area contributed by atoms with Gasteiger partial charge in [-0.05, 0) is 24.8 Å². The van der Waals surface area contributed by atoms with E-state index < -0.39 is 0 Å². The Kier molecular flexibility index (Phi) is 11.5. The molecule has 1 aromatic heterocycles. The molecule has 0 bridgehead atoms. The van der Waals surface area contributed by atoms with Crippen LogP contribution in [0.25, 0.3) is 0 Å². The van der Waals surface area contributed by atoms with E-state index in [-0.39, 0.29) is 24.0 Å². The molecule has 0 saturated carbocycles. The topological polar surface area (TPSA) is 45.6 Å². The molecule has 0 aliphatic heterocycles. The Morgan fingerprint density at radius 3 is 2.89 bits per heavy atom. The monoisotopic (exact) mass is 383 g/mol. The second-order valence-corrected chi connectivity index (χ2v) is 4.51. The number of halogens is 1. The first kappa shape index (κ1) is 17.7. The molecule has 1 heterocycles. The van der Waals surface area contributed by atoms with Gasteiger partial charge in [0.2, 0.25) is 0 Å². The van der Waals surface area contributed by atoms with Gasteiger partial charge in [-0.25, -0.2) is 0 Å². The van der Waals surface area contributed by atoms with E-state index >= 15 is 0 Å². The highest BCUT2D eigenvalue weighted by Crippen LogP contribution is 2.06. The second kappa shape index (κ2) is 11.7. The molecule has 0 radical (unpaired) electrons. The first-order valence-electron chi connectivity index (χ1n) is 5.91. The van der Waals surface area contributed by atoms with E-state index in [1.165, 1.54) is 4.88 Å². The molecule has 6 heteroatoms. The zero-order valence-electron chi connectivity index (χ0n) is 10.9. The molecule has 0 unspecified atom stereocenters.